The van der Waals surface area contributed by atoms with Gasteiger partial charge in [0.15, 0.2) is 5.16 Å². The van der Waals surface area contributed by atoms with Gasteiger partial charge in [-0.1, -0.05) is 0 Å². The summed E-state index contributed by atoms with van der Waals surface area (Å²) in [4.78, 5) is 4.39. The Hall–Kier alpha value is -1.76. The first-order valence-corrected chi connectivity index (χ1v) is 6.76. The van der Waals surface area contributed by atoms with Gasteiger partial charge in [-0.15, -0.1) is 10.2 Å². The maximum absolute atomic E-state index is 5.84. The quantitative estimate of drug-likeness (QED) is 0.922. The minimum Gasteiger partial charge on any atom is -0.473 e. The summed E-state index contributed by atoms with van der Waals surface area (Å²) in [6.07, 6.45) is 0.0344. The summed E-state index contributed by atoms with van der Waals surface area (Å²) in [5.74, 6) is 1.32. The van der Waals surface area contributed by atoms with Crippen LogP contribution in [0.25, 0.3) is 0 Å². The van der Waals surface area contributed by atoms with E-state index in [1.165, 1.54) is 11.8 Å². The van der Waals surface area contributed by atoms with Gasteiger partial charge >= 0.3 is 0 Å². The van der Waals surface area contributed by atoms with Gasteiger partial charge < -0.3 is 15.0 Å². The van der Waals surface area contributed by atoms with Gasteiger partial charge in [0, 0.05) is 7.05 Å². The predicted octanol–water partition coefficient (Wildman–Crippen LogP) is 2.04. The van der Waals surface area contributed by atoms with Crippen LogP contribution >= 0.6 is 11.8 Å². The van der Waals surface area contributed by atoms with Crippen molar-refractivity contribution in [1.82, 2.24) is 19.7 Å². The molecule has 6 nitrogen and oxygen atoms in total. The number of pyridine rings is 1. The molecular weight excluding hydrogens is 262 g/mol. The highest BCUT2D eigenvalue weighted by Gasteiger charge is 2.11. The lowest BCUT2D eigenvalue weighted by atomic mass is 10.4. The second-order valence-corrected chi connectivity index (χ2v) is 5.39. The molecule has 0 bridgehead atoms. The first-order chi connectivity index (χ1) is 8.97. The van der Waals surface area contributed by atoms with E-state index in [4.69, 9.17) is 10.5 Å². The molecule has 0 spiro atoms. The smallest absolute Gasteiger partial charge is 0.238 e. The molecule has 2 heterocycles. The molecule has 0 fully saturated rings. The van der Waals surface area contributed by atoms with Crippen molar-refractivity contribution in [2.45, 2.75) is 37.1 Å². The van der Waals surface area contributed by atoms with Gasteiger partial charge in [0.25, 0.3) is 0 Å². The van der Waals surface area contributed by atoms with Crippen molar-refractivity contribution >= 4 is 17.4 Å². The van der Waals surface area contributed by atoms with Gasteiger partial charge in [0.05, 0.1) is 11.8 Å². The van der Waals surface area contributed by atoms with E-state index < -0.39 is 0 Å². The average Bonchev–Trinajstić information content (AvgIpc) is 2.65. The highest BCUT2D eigenvalue weighted by Crippen LogP contribution is 2.29. The minimum atomic E-state index is 0.0344. The highest BCUT2D eigenvalue weighted by atomic mass is 32.2. The van der Waals surface area contributed by atoms with E-state index in [1.54, 1.807) is 6.07 Å². The van der Waals surface area contributed by atoms with E-state index >= 15 is 0 Å². The van der Waals surface area contributed by atoms with Gasteiger partial charge in [0.1, 0.15) is 10.9 Å². The fourth-order valence-corrected chi connectivity index (χ4v) is 2.18. The number of aromatic nitrogens is 4. The van der Waals surface area contributed by atoms with Gasteiger partial charge in [0.2, 0.25) is 5.88 Å². The van der Waals surface area contributed by atoms with Crippen molar-refractivity contribution in [3.8, 4) is 5.88 Å². The monoisotopic (exact) mass is 279 g/mol. The lowest BCUT2D eigenvalue weighted by Crippen LogP contribution is -2.09. The molecule has 0 saturated carbocycles. The Morgan fingerprint density at radius 2 is 2.05 bits per heavy atom. The molecule has 2 aromatic heterocycles. The Bertz CT molecular complexity index is 581. The number of ether oxygens (including phenoxy) is 1. The zero-order valence-electron chi connectivity index (χ0n) is 11.4. The number of nitrogens with two attached hydrogens (primary N) is 1. The molecule has 0 aliphatic rings. The van der Waals surface area contributed by atoms with E-state index in [0.717, 1.165) is 16.0 Å². The summed E-state index contributed by atoms with van der Waals surface area (Å²) >= 11 is 1.43. The molecule has 0 atom stereocenters. The minimum absolute atomic E-state index is 0.0344. The lowest BCUT2D eigenvalue weighted by Gasteiger charge is -2.11. The predicted molar refractivity (Wildman–Crippen MR) is 74.3 cm³/mol. The van der Waals surface area contributed by atoms with Crippen LogP contribution in [-0.4, -0.2) is 25.9 Å². The summed E-state index contributed by atoms with van der Waals surface area (Å²) in [6, 6.07) is 3.63. The van der Waals surface area contributed by atoms with Crippen molar-refractivity contribution in [2.24, 2.45) is 7.05 Å². The number of hydrogen-bond acceptors (Lipinski definition) is 6. The molecule has 0 amide bonds. The molecule has 2 rings (SSSR count). The van der Waals surface area contributed by atoms with Crippen molar-refractivity contribution in [3.63, 3.8) is 0 Å². The zero-order chi connectivity index (χ0) is 14.0. The Morgan fingerprint density at radius 1 is 1.32 bits per heavy atom. The molecule has 0 aliphatic heterocycles. The zero-order valence-corrected chi connectivity index (χ0v) is 12.2. The number of nitrogens with zero attached hydrogens (tertiary/aromatic N) is 4. The standard InChI is InChI=1S/C12H17N5OS/c1-7(2)18-11-9(13)5-6-10(14-11)19-12-16-15-8(3)17(12)4/h5-7H,13H2,1-4H3. The van der Waals surface area contributed by atoms with Crippen LogP contribution in [-0.2, 0) is 7.05 Å². The summed E-state index contributed by atoms with van der Waals surface area (Å²) in [7, 11) is 1.92. The SMILES string of the molecule is Cc1nnc(Sc2ccc(N)c(OC(C)C)n2)n1C. The second-order valence-electron chi connectivity index (χ2n) is 4.40. The van der Waals surface area contributed by atoms with E-state index in [-0.39, 0.29) is 6.10 Å². The summed E-state index contributed by atoms with van der Waals surface area (Å²) in [5, 5.41) is 9.66. The van der Waals surface area contributed by atoms with Crippen molar-refractivity contribution in [2.75, 3.05) is 5.73 Å². The third-order valence-corrected chi connectivity index (χ3v) is 3.43. The third-order valence-electron chi connectivity index (χ3n) is 2.46. The average molecular weight is 279 g/mol. The van der Waals surface area contributed by atoms with Gasteiger partial charge in [-0.25, -0.2) is 4.98 Å². The van der Waals surface area contributed by atoms with Crippen LogP contribution in [0.2, 0.25) is 0 Å². The number of rotatable bonds is 4. The molecule has 102 valence electrons. The first kappa shape index (κ1) is 13.7. The molecule has 0 aromatic carbocycles. The number of hydrogen-bond donors (Lipinski definition) is 1. The largest absolute Gasteiger partial charge is 0.473 e. The molecule has 0 radical (unpaired) electrons. The normalized spacial score (nSPS) is 11.0. The van der Waals surface area contributed by atoms with E-state index in [0.29, 0.717) is 11.6 Å². The molecule has 2 aromatic rings. The molecule has 19 heavy (non-hydrogen) atoms. The number of anilines is 1. The Balaban J connectivity index is 2.24. The Kier molecular flexibility index (Phi) is 3.94. The van der Waals surface area contributed by atoms with Crippen LogP contribution in [0.1, 0.15) is 19.7 Å². The van der Waals surface area contributed by atoms with Gasteiger partial charge in [-0.05, 0) is 44.7 Å². The summed E-state index contributed by atoms with van der Waals surface area (Å²) in [5.41, 5.74) is 6.37. The maximum atomic E-state index is 5.84. The second kappa shape index (κ2) is 5.48. The molecule has 2 N–H and O–H groups in total. The maximum Gasteiger partial charge on any atom is 0.238 e. The lowest BCUT2D eigenvalue weighted by molar-refractivity contribution is 0.232. The molecular formula is C12H17N5OS. The number of nitrogen functional groups attached to an aromatic ring is 1. The van der Waals surface area contributed by atoms with Crippen LogP contribution in [0, 0.1) is 6.92 Å². The van der Waals surface area contributed by atoms with Crippen LogP contribution in [0.4, 0.5) is 5.69 Å². The Morgan fingerprint density at radius 3 is 2.63 bits per heavy atom. The van der Waals surface area contributed by atoms with Crippen LogP contribution in [0.15, 0.2) is 22.3 Å². The topological polar surface area (TPSA) is 78.8 Å². The van der Waals surface area contributed by atoms with Gasteiger partial charge in [-0.3, -0.25) is 0 Å². The van der Waals surface area contributed by atoms with Crippen molar-refractivity contribution in [1.29, 1.82) is 0 Å². The molecule has 0 aliphatic carbocycles. The Labute approximate surface area is 116 Å². The molecule has 0 saturated heterocycles. The van der Waals surface area contributed by atoms with Crippen LogP contribution in [0.5, 0.6) is 5.88 Å². The third kappa shape index (κ3) is 3.17. The van der Waals surface area contributed by atoms with E-state index in [2.05, 4.69) is 15.2 Å². The fraction of sp³-hybridized carbons (Fsp3) is 0.417. The van der Waals surface area contributed by atoms with E-state index in [9.17, 15) is 0 Å². The highest BCUT2D eigenvalue weighted by molar-refractivity contribution is 7.99. The van der Waals surface area contributed by atoms with Crippen molar-refractivity contribution < 1.29 is 4.74 Å². The van der Waals surface area contributed by atoms with E-state index in [1.807, 2.05) is 38.5 Å². The summed E-state index contributed by atoms with van der Waals surface area (Å²) < 4.78 is 7.47. The molecule has 0 unspecified atom stereocenters. The van der Waals surface area contributed by atoms with Crippen LogP contribution < -0.4 is 10.5 Å². The van der Waals surface area contributed by atoms with Crippen molar-refractivity contribution in [3.05, 3.63) is 18.0 Å². The summed E-state index contributed by atoms with van der Waals surface area (Å²) in [6.45, 7) is 5.78. The van der Waals surface area contributed by atoms with Gasteiger partial charge in [-0.2, -0.15) is 0 Å². The number of aryl methyl sites for hydroxylation is 1. The fourth-order valence-electron chi connectivity index (χ4n) is 1.38. The molecule has 7 heteroatoms. The first-order valence-electron chi connectivity index (χ1n) is 5.94. The van der Waals surface area contributed by atoms with Crippen LogP contribution in [0.3, 0.4) is 0 Å².